The molecule has 0 fully saturated rings. The van der Waals surface area contributed by atoms with Crippen LogP contribution in [-0.4, -0.2) is 12.5 Å². The summed E-state index contributed by atoms with van der Waals surface area (Å²) in [4.78, 5) is 16.5. The number of ether oxygens (including phenoxy) is 1. The van der Waals surface area contributed by atoms with Gasteiger partial charge >= 0.3 is 0 Å². The number of benzene rings is 3. The zero-order valence-corrected chi connectivity index (χ0v) is 19.0. The molecule has 0 spiro atoms. The minimum absolute atomic E-state index is 0.0311. The Kier molecular flexibility index (Phi) is 4.73. The van der Waals surface area contributed by atoms with E-state index in [-0.39, 0.29) is 12.5 Å². The predicted molar refractivity (Wildman–Crippen MR) is 128 cm³/mol. The highest BCUT2D eigenvalue weighted by atomic mass is 32.9. The zero-order chi connectivity index (χ0) is 20.9. The fraction of sp³-hybridized carbons (Fsp3) is 0.167. The summed E-state index contributed by atoms with van der Waals surface area (Å²) in [5.41, 5.74) is 2.51. The first-order chi connectivity index (χ1) is 14.5. The molecule has 1 aliphatic heterocycles. The van der Waals surface area contributed by atoms with E-state index in [1.807, 2.05) is 71.6 Å². The maximum absolute atomic E-state index is 13.5. The van der Waals surface area contributed by atoms with Crippen LogP contribution in [0.3, 0.4) is 0 Å². The van der Waals surface area contributed by atoms with E-state index in [1.54, 1.807) is 20.7 Å². The van der Waals surface area contributed by atoms with Crippen molar-refractivity contribution in [3.63, 3.8) is 0 Å². The van der Waals surface area contributed by atoms with Gasteiger partial charge in [-0.15, -0.1) is 0 Å². The van der Waals surface area contributed by atoms with Crippen LogP contribution in [-0.2, 0) is 10.3 Å². The first kappa shape index (κ1) is 19.4. The lowest BCUT2D eigenvalue weighted by Crippen LogP contribution is -2.49. The van der Waals surface area contributed by atoms with Gasteiger partial charge in [-0.1, -0.05) is 87.5 Å². The van der Waals surface area contributed by atoms with Crippen LogP contribution in [0.1, 0.15) is 18.7 Å². The van der Waals surface area contributed by atoms with Gasteiger partial charge in [-0.05, 0) is 31.4 Å². The molecule has 1 amide bonds. The van der Waals surface area contributed by atoms with Crippen LogP contribution in [0.25, 0.3) is 21.9 Å². The molecule has 30 heavy (non-hydrogen) atoms. The molecule has 3 nitrogen and oxygen atoms in total. The highest BCUT2D eigenvalue weighted by molar-refractivity contribution is 7.80. The van der Waals surface area contributed by atoms with Gasteiger partial charge in [0.1, 0.15) is 9.57 Å². The van der Waals surface area contributed by atoms with E-state index in [2.05, 4.69) is 13.8 Å². The minimum Gasteiger partial charge on any atom is -0.483 e. The summed E-state index contributed by atoms with van der Waals surface area (Å²) in [7, 11) is 3.26. The summed E-state index contributed by atoms with van der Waals surface area (Å²) in [6.45, 7) is 4.13. The Hall–Kier alpha value is -2.54. The number of carbonyl (C=O) groups excluding carboxylic acids is 1. The van der Waals surface area contributed by atoms with E-state index < -0.39 is 5.54 Å². The molecule has 4 aromatic rings. The van der Waals surface area contributed by atoms with Gasteiger partial charge in [0.05, 0.1) is 16.1 Å². The molecular formula is C24H19NO2S3. The third-order valence-electron chi connectivity index (χ3n) is 5.51. The Morgan fingerprint density at radius 1 is 1.00 bits per heavy atom. The molecule has 0 atom stereocenters. The maximum Gasteiger partial charge on any atom is 0.265 e. The second-order valence-corrected chi connectivity index (χ2v) is 10.5. The molecule has 150 valence electrons. The highest BCUT2D eigenvalue weighted by Crippen LogP contribution is 2.51. The summed E-state index contributed by atoms with van der Waals surface area (Å²) in [6.07, 6.45) is 0. The van der Waals surface area contributed by atoms with Crippen molar-refractivity contribution in [2.75, 3.05) is 11.5 Å². The number of hydrogen-bond donors (Lipinski definition) is 0. The minimum atomic E-state index is -0.499. The number of nitrogens with zero attached hydrogens (tertiary/aromatic N) is 1. The summed E-state index contributed by atoms with van der Waals surface area (Å²) >= 11 is 5.62. The molecule has 1 aromatic heterocycles. The Labute approximate surface area is 187 Å². The third-order valence-corrected chi connectivity index (χ3v) is 8.84. The lowest BCUT2D eigenvalue weighted by molar-refractivity contribution is -0.121. The molecule has 0 N–H and O–H groups in total. The molecule has 5 rings (SSSR count). The fourth-order valence-corrected chi connectivity index (χ4v) is 7.43. The predicted octanol–water partition coefficient (Wildman–Crippen LogP) is 7.02. The average molecular weight is 450 g/mol. The SMILES string of the molecule is CC1(C)c2ssc(=S)c2-c2ccccc2N1C(=O)COc1cccc2ccccc12. The first-order valence-electron chi connectivity index (χ1n) is 9.65. The molecule has 0 saturated carbocycles. The lowest BCUT2D eigenvalue weighted by Gasteiger charge is -2.42. The summed E-state index contributed by atoms with van der Waals surface area (Å²) in [5, 5.41) is 2.10. The van der Waals surface area contributed by atoms with Gasteiger partial charge < -0.3 is 4.74 Å². The van der Waals surface area contributed by atoms with Crippen LogP contribution in [0.5, 0.6) is 5.75 Å². The van der Waals surface area contributed by atoms with Crippen molar-refractivity contribution < 1.29 is 9.53 Å². The molecule has 0 saturated heterocycles. The van der Waals surface area contributed by atoms with Gasteiger partial charge in [0.15, 0.2) is 6.61 Å². The molecule has 0 bridgehead atoms. The summed E-state index contributed by atoms with van der Waals surface area (Å²) in [5.74, 6) is 0.645. The van der Waals surface area contributed by atoms with E-state index >= 15 is 0 Å². The molecule has 0 radical (unpaired) electrons. The van der Waals surface area contributed by atoms with E-state index in [9.17, 15) is 4.79 Å². The molecule has 1 aliphatic rings. The third kappa shape index (κ3) is 2.98. The number of fused-ring (bicyclic) bond motifs is 4. The van der Waals surface area contributed by atoms with Crippen LogP contribution >= 0.6 is 32.9 Å². The summed E-state index contributed by atoms with van der Waals surface area (Å²) < 4.78 is 6.91. The Morgan fingerprint density at radius 2 is 1.73 bits per heavy atom. The number of amides is 1. The van der Waals surface area contributed by atoms with E-state index in [0.29, 0.717) is 0 Å². The second kappa shape index (κ2) is 7.30. The molecule has 0 aliphatic carbocycles. The smallest absolute Gasteiger partial charge is 0.265 e. The van der Waals surface area contributed by atoms with E-state index in [0.717, 1.165) is 42.0 Å². The first-order valence-corrected chi connectivity index (χ1v) is 12.2. The topological polar surface area (TPSA) is 29.5 Å². The quantitative estimate of drug-likeness (QED) is 0.249. The van der Waals surface area contributed by atoms with Crippen molar-refractivity contribution in [3.05, 3.63) is 75.4 Å². The van der Waals surface area contributed by atoms with Crippen molar-refractivity contribution in [1.29, 1.82) is 0 Å². The van der Waals surface area contributed by atoms with Crippen LogP contribution < -0.4 is 9.64 Å². The van der Waals surface area contributed by atoms with Crippen molar-refractivity contribution in [2.45, 2.75) is 19.4 Å². The molecule has 2 heterocycles. The molecule has 6 heteroatoms. The van der Waals surface area contributed by atoms with Crippen LogP contribution in [0, 0.1) is 3.82 Å². The van der Waals surface area contributed by atoms with Gasteiger partial charge in [-0.25, -0.2) is 0 Å². The van der Waals surface area contributed by atoms with Crippen LogP contribution in [0.4, 0.5) is 5.69 Å². The standard InChI is InChI=1S/C24H19NO2S3/c1-24(2)22-21(23(28)30-29-22)17-11-5-6-12-18(17)25(24)20(26)14-27-19-13-7-9-15-8-3-4-10-16(15)19/h3-13H,14H2,1-2H3. The number of anilines is 1. The molecular weight excluding hydrogens is 430 g/mol. The second-order valence-electron chi connectivity index (χ2n) is 7.73. The Bertz CT molecular complexity index is 1330. The van der Waals surface area contributed by atoms with Gasteiger partial charge in [0.2, 0.25) is 0 Å². The molecule has 3 aromatic carbocycles. The van der Waals surface area contributed by atoms with Gasteiger partial charge in [0.25, 0.3) is 5.91 Å². The normalized spacial score (nSPS) is 14.3. The van der Waals surface area contributed by atoms with Crippen molar-refractivity contribution in [3.8, 4) is 16.9 Å². The lowest BCUT2D eigenvalue weighted by atomic mass is 9.87. The fourth-order valence-electron chi connectivity index (χ4n) is 4.15. The number of hydrogen-bond acceptors (Lipinski definition) is 5. The van der Waals surface area contributed by atoms with E-state index in [4.69, 9.17) is 17.0 Å². The molecule has 0 unspecified atom stereocenters. The van der Waals surface area contributed by atoms with Gasteiger partial charge in [0, 0.05) is 16.5 Å². The highest BCUT2D eigenvalue weighted by Gasteiger charge is 2.42. The van der Waals surface area contributed by atoms with Gasteiger partial charge in [-0.2, -0.15) is 0 Å². The average Bonchev–Trinajstić information content (AvgIpc) is 3.15. The Morgan fingerprint density at radius 3 is 2.60 bits per heavy atom. The monoisotopic (exact) mass is 449 g/mol. The largest absolute Gasteiger partial charge is 0.483 e. The maximum atomic E-state index is 13.5. The van der Waals surface area contributed by atoms with Crippen molar-refractivity contribution in [2.24, 2.45) is 0 Å². The van der Waals surface area contributed by atoms with Crippen molar-refractivity contribution >= 4 is 55.3 Å². The van der Waals surface area contributed by atoms with Crippen LogP contribution in [0.15, 0.2) is 66.7 Å². The summed E-state index contributed by atoms with van der Waals surface area (Å²) in [6, 6.07) is 21.9. The number of carbonyl (C=O) groups is 1. The van der Waals surface area contributed by atoms with Crippen LogP contribution in [0.2, 0.25) is 0 Å². The van der Waals surface area contributed by atoms with Crippen molar-refractivity contribution in [1.82, 2.24) is 0 Å². The number of rotatable bonds is 3. The Balaban J connectivity index is 1.52. The number of para-hydroxylation sites is 1. The zero-order valence-electron chi connectivity index (χ0n) is 16.5. The van der Waals surface area contributed by atoms with Gasteiger partial charge in [-0.3, -0.25) is 9.69 Å². The van der Waals surface area contributed by atoms with E-state index in [1.165, 1.54) is 0 Å².